The number of fused-ring (bicyclic) bond motifs is 1. The Balaban J connectivity index is 1.62. The van der Waals surface area contributed by atoms with Crippen molar-refractivity contribution >= 4 is 42.0 Å². The van der Waals surface area contributed by atoms with Gasteiger partial charge >= 0.3 is 5.97 Å². The summed E-state index contributed by atoms with van der Waals surface area (Å²) in [4.78, 5) is 48.1. The monoisotopic (exact) mass is 477 g/mol. The third kappa shape index (κ3) is 6.47. The molecule has 1 saturated heterocycles. The second-order valence-electron chi connectivity index (χ2n) is 8.49. The standard InChI is InChI=1S/C22H27N3O7S/c1-22(2,33)12-18(26)24-23-15-7-9-32-17-11-13(3-4-14(15)17)31-10-8-16(21(29)30)25-19(27)5-6-20(25)28/h3-4,11,16,33H,5-10,12H2,1-2H3,(H,24,26)(H,29,30). The molecule has 2 aliphatic rings. The first-order chi connectivity index (χ1) is 15.5. The third-order valence-corrected chi connectivity index (χ3v) is 5.27. The maximum atomic E-state index is 12.0. The van der Waals surface area contributed by atoms with Gasteiger partial charge in [0.25, 0.3) is 0 Å². The quantitative estimate of drug-likeness (QED) is 0.280. The summed E-state index contributed by atoms with van der Waals surface area (Å²) in [6.45, 7) is 4.05. The molecule has 0 aliphatic carbocycles. The predicted molar refractivity (Wildman–Crippen MR) is 122 cm³/mol. The van der Waals surface area contributed by atoms with Crippen LogP contribution in [0.2, 0.25) is 0 Å². The SMILES string of the molecule is CC(C)(S)CC(=O)NN=C1CCOc2cc(OCCC(C(=O)O)N3C(=O)CCC3=O)ccc21. The van der Waals surface area contributed by atoms with Gasteiger partial charge in [-0.1, -0.05) is 13.8 Å². The number of nitrogens with one attached hydrogen (secondary N) is 1. The van der Waals surface area contributed by atoms with Gasteiger partial charge < -0.3 is 14.6 Å². The molecule has 178 valence electrons. The van der Waals surface area contributed by atoms with Gasteiger partial charge in [0, 0.05) is 48.5 Å². The van der Waals surface area contributed by atoms with Crippen LogP contribution in [-0.4, -0.2) is 63.4 Å². The number of nitrogens with zero attached hydrogens (tertiary/aromatic N) is 2. The van der Waals surface area contributed by atoms with Gasteiger partial charge in [0.15, 0.2) is 0 Å². The normalized spacial score (nSPS) is 18.0. The van der Waals surface area contributed by atoms with Gasteiger partial charge in [0.2, 0.25) is 17.7 Å². The number of ether oxygens (including phenoxy) is 2. The van der Waals surface area contributed by atoms with Gasteiger partial charge in [0.1, 0.15) is 17.5 Å². The molecule has 1 unspecified atom stereocenters. The summed E-state index contributed by atoms with van der Waals surface area (Å²) in [5.74, 6) is -1.48. The Kier molecular flexibility index (Phi) is 7.62. The van der Waals surface area contributed by atoms with E-state index in [0.717, 1.165) is 10.5 Å². The van der Waals surface area contributed by atoms with E-state index in [4.69, 9.17) is 9.47 Å². The van der Waals surface area contributed by atoms with E-state index in [1.54, 1.807) is 18.2 Å². The lowest BCUT2D eigenvalue weighted by atomic mass is 10.0. The summed E-state index contributed by atoms with van der Waals surface area (Å²) in [7, 11) is 0. The number of benzene rings is 1. The largest absolute Gasteiger partial charge is 0.493 e. The van der Waals surface area contributed by atoms with Crippen molar-refractivity contribution in [2.75, 3.05) is 13.2 Å². The van der Waals surface area contributed by atoms with Crippen molar-refractivity contribution < 1.29 is 33.8 Å². The van der Waals surface area contributed by atoms with E-state index in [1.807, 2.05) is 13.8 Å². The minimum Gasteiger partial charge on any atom is -0.493 e. The van der Waals surface area contributed by atoms with E-state index < -0.39 is 28.6 Å². The number of carbonyl (C=O) groups excluding carboxylic acids is 3. The minimum absolute atomic E-state index is 0.0106. The molecule has 10 nitrogen and oxygen atoms in total. The first-order valence-electron chi connectivity index (χ1n) is 10.6. The Labute approximate surface area is 196 Å². The summed E-state index contributed by atoms with van der Waals surface area (Å²) in [6, 6.07) is 3.83. The number of rotatable bonds is 9. The summed E-state index contributed by atoms with van der Waals surface area (Å²) in [5.41, 5.74) is 3.94. The Bertz CT molecular complexity index is 971. The number of imide groups is 1. The molecular formula is C22H27N3O7S. The lowest BCUT2D eigenvalue weighted by Gasteiger charge is -2.23. The topological polar surface area (TPSA) is 135 Å². The van der Waals surface area contributed by atoms with Crippen molar-refractivity contribution in [1.82, 2.24) is 10.3 Å². The highest BCUT2D eigenvalue weighted by Gasteiger charge is 2.38. The lowest BCUT2D eigenvalue weighted by molar-refractivity contribution is -0.154. The van der Waals surface area contributed by atoms with Gasteiger partial charge in [0.05, 0.1) is 18.9 Å². The number of hydrazone groups is 1. The summed E-state index contributed by atoms with van der Waals surface area (Å²) in [5, 5.41) is 13.7. The van der Waals surface area contributed by atoms with Crippen LogP contribution in [0.3, 0.4) is 0 Å². The first kappa shape index (κ1) is 24.6. The average Bonchev–Trinajstić information content (AvgIpc) is 3.06. The maximum Gasteiger partial charge on any atom is 0.327 e. The van der Waals surface area contributed by atoms with Crippen molar-refractivity contribution in [3.63, 3.8) is 0 Å². The highest BCUT2D eigenvalue weighted by Crippen LogP contribution is 2.30. The van der Waals surface area contributed by atoms with Crippen LogP contribution in [0, 0.1) is 0 Å². The molecule has 2 aliphatic heterocycles. The summed E-state index contributed by atoms with van der Waals surface area (Å²) in [6.07, 6.45) is 0.765. The smallest absolute Gasteiger partial charge is 0.327 e. The number of carboxylic acids is 1. The van der Waals surface area contributed by atoms with Gasteiger partial charge in [-0.3, -0.25) is 19.3 Å². The van der Waals surface area contributed by atoms with Crippen LogP contribution in [0.25, 0.3) is 0 Å². The van der Waals surface area contributed by atoms with E-state index >= 15 is 0 Å². The van der Waals surface area contributed by atoms with Crippen LogP contribution in [0.4, 0.5) is 0 Å². The molecule has 1 aromatic rings. The molecule has 2 N–H and O–H groups in total. The van der Waals surface area contributed by atoms with E-state index in [1.165, 1.54) is 0 Å². The van der Waals surface area contributed by atoms with Crippen molar-refractivity contribution in [2.24, 2.45) is 5.10 Å². The van der Waals surface area contributed by atoms with Crippen LogP contribution in [0.1, 0.15) is 51.5 Å². The summed E-state index contributed by atoms with van der Waals surface area (Å²) >= 11 is 4.34. The first-order valence-corrected chi connectivity index (χ1v) is 11.1. The Morgan fingerprint density at radius 1 is 1.27 bits per heavy atom. The average molecular weight is 478 g/mol. The fourth-order valence-corrected chi connectivity index (χ4v) is 3.76. The van der Waals surface area contributed by atoms with E-state index in [2.05, 4.69) is 23.2 Å². The van der Waals surface area contributed by atoms with Crippen LogP contribution >= 0.6 is 12.6 Å². The molecule has 0 aromatic heterocycles. The molecular weight excluding hydrogens is 450 g/mol. The second kappa shape index (κ2) is 10.2. The van der Waals surface area contributed by atoms with Crippen LogP contribution < -0.4 is 14.9 Å². The zero-order valence-corrected chi connectivity index (χ0v) is 19.4. The van der Waals surface area contributed by atoms with Crippen LogP contribution in [0.5, 0.6) is 11.5 Å². The molecule has 1 atom stereocenters. The Morgan fingerprint density at radius 2 is 1.97 bits per heavy atom. The highest BCUT2D eigenvalue weighted by atomic mass is 32.1. The fourth-order valence-electron chi connectivity index (χ4n) is 3.61. The number of carboxylic acid groups (broad SMARTS) is 1. The molecule has 3 amide bonds. The Morgan fingerprint density at radius 3 is 2.61 bits per heavy atom. The van der Waals surface area contributed by atoms with E-state index in [0.29, 0.717) is 30.2 Å². The number of carbonyl (C=O) groups is 4. The van der Waals surface area contributed by atoms with E-state index in [9.17, 15) is 24.3 Å². The molecule has 0 bridgehead atoms. The zero-order chi connectivity index (χ0) is 24.2. The molecule has 11 heteroatoms. The fraction of sp³-hybridized carbons (Fsp3) is 0.500. The molecule has 1 aromatic carbocycles. The second-order valence-corrected chi connectivity index (χ2v) is 9.70. The number of thiol groups is 1. The summed E-state index contributed by atoms with van der Waals surface area (Å²) < 4.78 is 10.9. The third-order valence-electron chi connectivity index (χ3n) is 5.12. The highest BCUT2D eigenvalue weighted by molar-refractivity contribution is 7.81. The van der Waals surface area contributed by atoms with Gasteiger partial charge in [-0.15, -0.1) is 0 Å². The number of aliphatic carboxylic acids is 1. The van der Waals surface area contributed by atoms with Crippen molar-refractivity contribution in [3.8, 4) is 11.5 Å². The number of amides is 3. The minimum atomic E-state index is -1.26. The maximum absolute atomic E-state index is 12.0. The number of hydrogen-bond donors (Lipinski definition) is 3. The predicted octanol–water partition coefficient (Wildman–Crippen LogP) is 1.76. The van der Waals surface area contributed by atoms with Crippen molar-refractivity contribution in [2.45, 2.75) is 56.7 Å². The molecule has 0 saturated carbocycles. The molecule has 0 radical (unpaired) electrons. The number of hydrogen-bond acceptors (Lipinski definition) is 8. The van der Waals surface area contributed by atoms with Crippen LogP contribution in [-0.2, 0) is 19.2 Å². The van der Waals surface area contributed by atoms with Gasteiger partial charge in [-0.05, 0) is 12.1 Å². The van der Waals surface area contributed by atoms with Crippen molar-refractivity contribution in [1.29, 1.82) is 0 Å². The molecule has 2 heterocycles. The van der Waals surface area contributed by atoms with E-state index in [-0.39, 0.29) is 38.2 Å². The molecule has 0 spiro atoms. The van der Waals surface area contributed by atoms with Gasteiger partial charge in [-0.25, -0.2) is 10.2 Å². The van der Waals surface area contributed by atoms with Crippen molar-refractivity contribution in [3.05, 3.63) is 23.8 Å². The lowest BCUT2D eigenvalue weighted by Crippen LogP contribution is -2.45. The number of likely N-dealkylation sites (tertiary alicyclic amines) is 1. The van der Waals surface area contributed by atoms with Crippen LogP contribution in [0.15, 0.2) is 23.3 Å². The zero-order valence-electron chi connectivity index (χ0n) is 18.5. The molecule has 1 fully saturated rings. The van der Waals surface area contributed by atoms with Gasteiger partial charge in [-0.2, -0.15) is 17.7 Å². The Hall–Kier alpha value is -3.08. The molecule has 3 rings (SSSR count). The molecule has 33 heavy (non-hydrogen) atoms.